The van der Waals surface area contributed by atoms with E-state index < -0.39 is 23.6 Å². The zero-order valence-electron chi connectivity index (χ0n) is 16.2. The van der Waals surface area contributed by atoms with Crippen LogP contribution in [-0.2, 0) is 15.8 Å². The summed E-state index contributed by atoms with van der Waals surface area (Å²) in [5, 5.41) is 5.73. The van der Waals surface area contributed by atoms with Gasteiger partial charge in [0.05, 0.1) is 33.1 Å². The molecule has 0 aliphatic heterocycles. The second kappa shape index (κ2) is 9.63. The van der Waals surface area contributed by atoms with Crippen LogP contribution in [0.3, 0.4) is 0 Å². The lowest BCUT2D eigenvalue weighted by Crippen LogP contribution is -2.32. The van der Waals surface area contributed by atoms with Gasteiger partial charge < -0.3 is 19.5 Å². The summed E-state index contributed by atoms with van der Waals surface area (Å²) in [5.74, 6) is -1.37. The van der Waals surface area contributed by atoms with Crippen molar-refractivity contribution in [3.05, 3.63) is 47.5 Å². The van der Waals surface area contributed by atoms with Crippen molar-refractivity contribution in [2.45, 2.75) is 6.18 Å². The van der Waals surface area contributed by atoms with Gasteiger partial charge in [0.15, 0.2) is 11.5 Å². The molecule has 2 amide bonds. The zero-order valence-corrected chi connectivity index (χ0v) is 16.2. The van der Waals surface area contributed by atoms with E-state index >= 15 is 0 Å². The standard InChI is InChI=1S/C19H18F3N3O5/c1-28-14-8-7-11(15(29-2)16(14)30-3)10-23-25-18(27)17(26)24-13-6-4-5-12(9-13)19(20,21)22/h4-10H,1-3H3,(H,24,26)(H,25,27)/b23-10-. The van der Waals surface area contributed by atoms with Crippen LogP contribution in [0.25, 0.3) is 0 Å². The van der Waals surface area contributed by atoms with Crippen molar-refractivity contribution in [3.63, 3.8) is 0 Å². The van der Waals surface area contributed by atoms with Crippen molar-refractivity contribution < 1.29 is 37.0 Å². The predicted molar refractivity (Wildman–Crippen MR) is 102 cm³/mol. The highest BCUT2D eigenvalue weighted by Crippen LogP contribution is 2.39. The minimum absolute atomic E-state index is 0.185. The molecule has 0 bridgehead atoms. The molecule has 0 spiro atoms. The average molecular weight is 425 g/mol. The number of benzene rings is 2. The normalized spacial score (nSPS) is 11.1. The van der Waals surface area contributed by atoms with Crippen LogP contribution in [-0.4, -0.2) is 39.4 Å². The molecule has 0 radical (unpaired) electrons. The number of anilines is 1. The van der Waals surface area contributed by atoms with E-state index in [0.717, 1.165) is 12.1 Å². The molecule has 0 unspecified atom stereocenters. The molecule has 160 valence electrons. The minimum Gasteiger partial charge on any atom is -0.493 e. The fourth-order valence-electron chi connectivity index (χ4n) is 2.40. The fraction of sp³-hybridized carbons (Fsp3) is 0.211. The predicted octanol–water partition coefficient (Wildman–Crippen LogP) is 2.82. The van der Waals surface area contributed by atoms with Crippen LogP contribution in [0.15, 0.2) is 41.5 Å². The van der Waals surface area contributed by atoms with Crippen molar-refractivity contribution in [1.82, 2.24) is 5.43 Å². The second-order valence-corrected chi connectivity index (χ2v) is 5.66. The molecule has 0 aliphatic carbocycles. The molecule has 0 saturated heterocycles. The van der Waals surface area contributed by atoms with Gasteiger partial charge in [-0.1, -0.05) is 6.07 Å². The van der Waals surface area contributed by atoms with Gasteiger partial charge in [0.25, 0.3) is 0 Å². The van der Waals surface area contributed by atoms with E-state index in [1.54, 1.807) is 12.1 Å². The third kappa shape index (κ3) is 5.40. The highest BCUT2D eigenvalue weighted by molar-refractivity contribution is 6.39. The smallest absolute Gasteiger partial charge is 0.416 e. The lowest BCUT2D eigenvalue weighted by atomic mass is 10.2. The first-order valence-electron chi connectivity index (χ1n) is 8.31. The summed E-state index contributed by atoms with van der Waals surface area (Å²) in [6, 6.07) is 7.05. The Bertz CT molecular complexity index is 961. The maximum absolute atomic E-state index is 12.7. The zero-order chi connectivity index (χ0) is 22.3. The van der Waals surface area contributed by atoms with E-state index in [1.807, 2.05) is 5.43 Å². The van der Waals surface area contributed by atoms with E-state index in [4.69, 9.17) is 14.2 Å². The summed E-state index contributed by atoms with van der Waals surface area (Å²) in [6.07, 6.45) is -3.37. The highest BCUT2D eigenvalue weighted by Gasteiger charge is 2.30. The Morgan fingerprint density at radius 1 is 0.967 bits per heavy atom. The van der Waals surface area contributed by atoms with Crippen LogP contribution in [0.4, 0.5) is 18.9 Å². The number of hydrazone groups is 1. The van der Waals surface area contributed by atoms with Crippen LogP contribution >= 0.6 is 0 Å². The number of methoxy groups -OCH3 is 3. The number of hydrogen-bond donors (Lipinski definition) is 2. The summed E-state index contributed by atoms with van der Waals surface area (Å²) in [7, 11) is 4.27. The lowest BCUT2D eigenvalue weighted by molar-refractivity contribution is -0.137. The van der Waals surface area contributed by atoms with E-state index in [0.29, 0.717) is 23.1 Å². The van der Waals surface area contributed by atoms with Crippen molar-refractivity contribution in [1.29, 1.82) is 0 Å². The Morgan fingerprint density at radius 2 is 1.67 bits per heavy atom. The minimum atomic E-state index is -4.58. The molecule has 0 saturated carbocycles. The number of hydrogen-bond acceptors (Lipinski definition) is 6. The Morgan fingerprint density at radius 3 is 2.27 bits per heavy atom. The first kappa shape index (κ1) is 22.5. The number of carbonyl (C=O) groups excluding carboxylic acids is 2. The SMILES string of the molecule is COc1ccc(/C=N\NC(=O)C(=O)Nc2cccc(C(F)(F)F)c2)c(OC)c1OC. The molecule has 0 aliphatic rings. The molecular weight excluding hydrogens is 407 g/mol. The summed E-state index contributed by atoms with van der Waals surface area (Å²) in [4.78, 5) is 23.7. The lowest BCUT2D eigenvalue weighted by Gasteiger charge is -2.13. The first-order valence-corrected chi connectivity index (χ1v) is 8.31. The number of halogens is 3. The molecule has 2 aromatic carbocycles. The van der Waals surface area contributed by atoms with Crippen LogP contribution in [0.1, 0.15) is 11.1 Å². The van der Waals surface area contributed by atoms with Crippen molar-refractivity contribution >= 4 is 23.7 Å². The monoisotopic (exact) mass is 425 g/mol. The van der Waals surface area contributed by atoms with Crippen LogP contribution in [0.2, 0.25) is 0 Å². The van der Waals surface area contributed by atoms with Gasteiger partial charge in [-0.05, 0) is 30.3 Å². The third-order valence-corrected chi connectivity index (χ3v) is 3.76. The largest absolute Gasteiger partial charge is 0.493 e. The first-order chi connectivity index (χ1) is 14.2. The molecule has 0 fully saturated rings. The molecule has 30 heavy (non-hydrogen) atoms. The van der Waals surface area contributed by atoms with E-state index in [1.165, 1.54) is 33.6 Å². The Hall–Kier alpha value is -3.76. The number of rotatable bonds is 6. The molecule has 2 N–H and O–H groups in total. The van der Waals surface area contributed by atoms with Gasteiger partial charge in [0, 0.05) is 11.3 Å². The Labute approximate surface area is 169 Å². The molecule has 11 heteroatoms. The Kier molecular flexibility index (Phi) is 7.23. The molecular formula is C19H18F3N3O5. The van der Waals surface area contributed by atoms with E-state index in [2.05, 4.69) is 10.4 Å². The molecule has 0 atom stereocenters. The number of alkyl halides is 3. The van der Waals surface area contributed by atoms with Gasteiger partial charge in [-0.25, -0.2) is 5.43 Å². The fourth-order valence-corrected chi connectivity index (χ4v) is 2.40. The van der Waals surface area contributed by atoms with Crippen molar-refractivity contribution in [2.75, 3.05) is 26.6 Å². The van der Waals surface area contributed by atoms with Gasteiger partial charge in [0.1, 0.15) is 0 Å². The topological polar surface area (TPSA) is 98.2 Å². The quantitative estimate of drug-likeness (QED) is 0.421. The summed E-state index contributed by atoms with van der Waals surface area (Å²) >= 11 is 0. The maximum atomic E-state index is 12.7. The molecule has 2 rings (SSSR count). The van der Waals surface area contributed by atoms with Crippen molar-refractivity contribution in [2.24, 2.45) is 5.10 Å². The number of amides is 2. The molecule has 2 aromatic rings. The number of nitrogens with zero attached hydrogens (tertiary/aromatic N) is 1. The van der Waals surface area contributed by atoms with Gasteiger partial charge in [-0.15, -0.1) is 0 Å². The third-order valence-electron chi connectivity index (χ3n) is 3.76. The van der Waals surface area contributed by atoms with Crippen LogP contribution in [0.5, 0.6) is 17.2 Å². The van der Waals surface area contributed by atoms with Gasteiger partial charge in [-0.3, -0.25) is 9.59 Å². The number of nitrogens with one attached hydrogen (secondary N) is 2. The van der Waals surface area contributed by atoms with Gasteiger partial charge >= 0.3 is 18.0 Å². The van der Waals surface area contributed by atoms with Crippen LogP contribution in [0, 0.1) is 0 Å². The maximum Gasteiger partial charge on any atom is 0.416 e. The molecule has 0 aromatic heterocycles. The molecule has 8 nitrogen and oxygen atoms in total. The molecule has 0 heterocycles. The summed E-state index contributed by atoms with van der Waals surface area (Å²) in [6.45, 7) is 0. The van der Waals surface area contributed by atoms with E-state index in [-0.39, 0.29) is 11.4 Å². The summed E-state index contributed by atoms with van der Waals surface area (Å²) in [5.41, 5.74) is 1.25. The second-order valence-electron chi connectivity index (χ2n) is 5.66. The van der Waals surface area contributed by atoms with Gasteiger partial charge in [-0.2, -0.15) is 18.3 Å². The highest BCUT2D eigenvalue weighted by atomic mass is 19.4. The Balaban J connectivity index is 2.07. The number of ether oxygens (including phenoxy) is 3. The number of carbonyl (C=O) groups is 2. The summed E-state index contributed by atoms with van der Waals surface area (Å²) < 4.78 is 53.8. The van der Waals surface area contributed by atoms with E-state index in [9.17, 15) is 22.8 Å². The van der Waals surface area contributed by atoms with Crippen LogP contribution < -0.4 is 25.0 Å². The average Bonchev–Trinajstić information content (AvgIpc) is 2.72. The van der Waals surface area contributed by atoms with Gasteiger partial charge in [0.2, 0.25) is 5.75 Å². The van der Waals surface area contributed by atoms with Crippen molar-refractivity contribution in [3.8, 4) is 17.2 Å².